The minimum absolute atomic E-state index is 0. The Morgan fingerprint density at radius 3 is 2.46 bits per heavy atom. The molecule has 0 aromatic heterocycles. The summed E-state index contributed by atoms with van der Waals surface area (Å²) >= 11 is 0. The first-order valence-electron chi connectivity index (χ1n) is 9.12. The second-order valence-corrected chi connectivity index (χ2v) is 9.94. The summed E-state index contributed by atoms with van der Waals surface area (Å²) in [7, 11) is -1.89. The second kappa shape index (κ2) is 9.24. The number of nitrogens with zero attached hydrogens (tertiary/aromatic N) is 2. The number of amidine groups is 1. The molecule has 0 saturated carbocycles. The van der Waals surface area contributed by atoms with E-state index in [9.17, 15) is 13.2 Å². The number of nitrogens with one attached hydrogen (secondary N) is 1. The Morgan fingerprint density at radius 1 is 1.29 bits per heavy atom. The standard InChI is InChI=1S/C19H30N4O3S.ClH/c1-13(2)10-15(18(24)23(5)12-19(3,4)11-20)21-17-14-8-6-7-9-16(14)27(25,26)22-17;/h6-9,13,15H,10-12,20H2,1-5H3,(H,21,22);1H. The number of fused-ring (bicyclic) bond motifs is 1. The highest BCUT2D eigenvalue weighted by Crippen LogP contribution is 2.24. The average Bonchev–Trinajstić information content (AvgIpc) is 2.84. The Hall–Kier alpha value is -1.64. The molecule has 1 aliphatic rings. The first-order valence-corrected chi connectivity index (χ1v) is 10.6. The SMILES string of the molecule is CC(C)CC(N=C1NS(=O)(=O)c2ccccc21)C(=O)N(C)CC(C)(C)CN.Cl. The number of halogens is 1. The van der Waals surface area contributed by atoms with Crippen LogP contribution in [-0.2, 0) is 14.8 Å². The molecule has 2 rings (SSSR count). The number of amides is 1. The van der Waals surface area contributed by atoms with E-state index in [1.54, 1.807) is 30.1 Å². The molecule has 1 heterocycles. The molecule has 1 amide bonds. The summed E-state index contributed by atoms with van der Waals surface area (Å²) in [4.78, 5) is 19.4. The van der Waals surface area contributed by atoms with Crippen molar-refractivity contribution in [3.05, 3.63) is 29.8 Å². The van der Waals surface area contributed by atoms with E-state index in [0.717, 1.165) is 0 Å². The first-order chi connectivity index (χ1) is 12.5. The molecule has 28 heavy (non-hydrogen) atoms. The fraction of sp³-hybridized carbons (Fsp3) is 0.579. The van der Waals surface area contributed by atoms with Gasteiger partial charge >= 0.3 is 0 Å². The molecule has 1 aromatic rings. The maximum atomic E-state index is 13.0. The van der Waals surface area contributed by atoms with Gasteiger partial charge in [-0.2, -0.15) is 0 Å². The van der Waals surface area contributed by atoms with Gasteiger partial charge in [-0.25, -0.2) is 8.42 Å². The van der Waals surface area contributed by atoms with Crippen molar-refractivity contribution in [3.63, 3.8) is 0 Å². The smallest absolute Gasteiger partial charge is 0.263 e. The van der Waals surface area contributed by atoms with Crippen LogP contribution >= 0.6 is 12.4 Å². The van der Waals surface area contributed by atoms with Crippen molar-refractivity contribution in [2.75, 3.05) is 20.1 Å². The van der Waals surface area contributed by atoms with Gasteiger partial charge in [-0.05, 0) is 36.4 Å². The van der Waals surface area contributed by atoms with Crippen LogP contribution in [0.2, 0.25) is 0 Å². The third-order valence-electron chi connectivity index (χ3n) is 4.52. The van der Waals surface area contributed by atoms with Gasteiger partial charge in [-0.15, -0.1) is 12.4 Å². The quantitative estimate of drug-likeness (QED) is 0.690. The summed E-state index contributed by atoms with van der Waals surface area (Å²) in [5.41, 5.74) is 6.08. The number of carbonyl (C=O) groups is 1. The highest BCUT2D eigenvalue weighted by atomic mass is 35.5. The Labute approximate surface area is 174 Å². The molecule has 158 valence electrons. The summed E-state index contributed by atoms with van der Waals surface area (Å²) < 4.78 is 27.1. The zero-order chi connectivity index (χ0) is 20.4. The lowest BCUT2D eigenvalue weighted by Crippen LogP contribution is -2.44. The van der Waals surface area contributed by atoms with E-state index in [1.807, 2.05) is 27.7 Å². The molecule has 0 spiro atoms. The van der Waals surface area contributed by atoms with E-state index in [4.69, 9.17) is 5.73 Å². The van der Waals surface area contributed by atoms with E-state index in [1.165, 1.54) is 6.07 Å². The van der Waals surface area contributed by atoms with Gasteiger partial charge in [0.2, 0.25) is 5.91 Å². The van der Waals surface area contributed by atoms with E-state index in [2.05, 4.69) is 9.71 Å². The number of benzene rings is 1. The van der Waals surface area contributed by atoms with Gasteiger partial charge < -0.3 is 10.6 Å². The topological polar surface area (TPSA) is 105 Å². The average molecular weight is 431 g/mol. The van der Waals surface area contributed by atoms with Crippen LogP contribution in [0.3, 0.4) is 0 Å². The van der Waals surface area contributed by atoms with Crippen molar-refractivity contribution < 1.29 is 13.2 Å². The van der Waals surface area contributed by atoms with Gasteiger partial charge in [0.25, 0.3) is 10.0 Å². The van der Waals surface area contributed by atoms with Gasteiger partial charge in [-0.1, -0.05) is 39.8 Å². The largest absolute Gasteiger partial charge is 0.343 e. The molecule has 9 heteroatoms. The maximum absolute atomic E-state index is 13.0. The van der Waals surface area contributed by atoms with E-state index >= 15 is 0 Å². The maximum Gasteiger partial charge on any atom is 0.263 e. The van der Waals surface area contributed by atoms with Crippen molar-refractivity contribution >= 4 is 34.2 Å². The minimum Gasteiger partial charge on any atom is -0.343 e. The number of carbonyl (C=O) groups excluding carboxylic acids is 1. The zero-order valence-corrected chi connectivity index (χ0v) is 18.7. The van der Waals surface area contributed by atoms with Crippen LogP contribution in [-0.4, -0.2) is 51.2 Å². The van der Waals surface area contributed by atoms with Crippen LogP contribution in [0, 0.1) is 11.3 Å². The number of likely N-dealkylation sites (N-methyl/N-ethyl adjacent to an activating group) is 1. The lowest BCUT2D eigenvalue weighted by atomic mass is 9.92. The molecule has 1 atom stereocenters. The lowest BCUT2D eigenvalue weighted by molar-refractivity contribution is -0.132. The van der Waals surface area contributed by atoms with Gasteiger partial charge in [0.1, 0.15) is 11.9 Å². The number of nitrogens with two attached hydrogens (primary N) is 1. The Morgan fingerprint density at radius 2 is 1.89 bits per heavy atom. The Balaban J connectivity index is 0.00000392. The number of hydrogen-bond acceptors (Lipinski definition) is 5. The predicted molar refractivity (Wildman–Crippen MR) is 114 cm³/mol. The number of hydrogen-bond donors (Lipinski definition) is 2. The van der Waals surface area contributed by atoms with E-state index in [-0.39, 0.29) is 40.4 Å². The van der Waals surface area contributed by atoms with Gasteiger partial charge in [0.15, 0.2) is 0 Å². The number of sulfonamides is 1. The summed E-state index contributed by atoms with van der Waals surface area (Å²) in [6.07, 6.45) is 0.527. The molecule has 0 saturated heterocycles. The second-order valence-electron chi connectivity index (χ2n) is 8.29. The molecular weight excluding hydrogens is 400 g/mol. The van der Waals surface area contributed by atoms with Gasteiger partial charge in [0, 0.05) is 19.2 Å². The van der Waals surface area contributed by atoms with Crippen molar-refractivity contribution in [2.24, 2.45) is 22.1 Å². The molecule has 1 aromatic carbocycles. The number of aliphatic imine (C=N–C) groups is 1. The molecule has 1 aliphatic heterocycles. The fourth-order valence-corrected chi connectivity index (χ4v) is 4.32. The van der Waals surface area contributed by atoms with Crippen LogP contribution in [0.1, 0.15) is 39.7 Å². The summed E-state index contributed by atoms with van der Waals surface area (Å²) in [5, 5.41) is 0. The lowest BCUT2D eigenvalue weighted by Gasteiger charge is -2.31. The molecule has 7 nitrogen and oxygen atoms in total. The highest BCUT2D eigenvalue weighted by Gasteiger charge is 2.33. The van der Waals surface area contributed by atoms with Crippen LogP contribution in [0.25, 0.3) is 0 Å². The summed E-state index contributed by atoms with van der Waals surface area (Å²) in [6, 6.07) is 6.00. The Bertz CT molecular complexity index is 837. The van der Waals surface area contributed by atoms with Crippen molar-refractivity contribution in [2.45, 2.75) is 45.1 Å². The zero-order valence-electron chi connectivity index (χ0n) is 17.1. The third kappa shape index (κ3) is 5.68. The van der Waals surface area contributed by atoms with Crippen LogP contribution in [0.15, 0.2) is 34.2 Å². The van der Waals surface area contributed by atoms with Crippen molar-refractivity contribution in [3.8, 4) is 0 Å². The van der Waals surface area contributed by atoms with Gasteiger partial charge in [-0.3, -0.25) is 14.5 Å². The summed E-state index contributed by atoms with van der Waals surface area (Å²) in [6.45, 7) is 8.99. The molecule has 1 unspecified atom stereocenters. The van der Waals surface area contributed by atoms with Crippen molar-refractivity contribution in [1.29, 1.82) is 0 Å². The normalized spacial score (nSPS) is 17.6. The van der Waals surface area contributed by atoms with E-state index in [0.29, 0.717) is 25.1 Å². The highest BCUT2D eigenvalue weighted by molar-refractivity contribution is 7.90. The molecule has 0 bridgehead atoms. The monoisotopic (exact) mass is 430 g/mol. The van der Waals surface area contributed by atoms with Crippen LogP contribution < -0.4 is 10.5 Å². The first kappa shape index (κ1) is 24.4. The molecule has 0 fully saturated rings. The molecule has 0 radical (unpaired) electrons. The van der Waals surface area contributed by atoms with Crippen LogP contribution in [0.4, 0.5) is 0 Å². The predicted octanol–water partition coefficient (Wildman–Crippen LogP) is 2.00. The van der Waals surface area contributed by atoms with E-state index < -0.39 is 16.1 Å². The number of rotatable bonds is 7. The van der Waals surface area contributed by atoms with Gasteiger partial charge in [0.05, 0.1) is 4.90 Å². The molecule has 0 aliphatic carbocycles. The molecular formula is C19H31ClN4O3S. The van der Waals surface area contributed by atoms with Crippen molar-refractivity contribution in [1.82, 2.24) is 9.62 Å². The Kier molecular flexibility index (Phi) is 8.05. The molecule has 3 N–H and O–H groups in total. The fourth-order valence-electron chi connectivity index (χ4n) is 3.08. The third-order valence-corrected chi connectivity index (χ3v) is 5.92. The van der Waals surface area contributed by atoms with Crippen LogP contribution in [0.5, 0.6) is 0 Å². The summed E-state index contributed by atoms with van der Waals surface area (Å²) in [5.74, 6) is 0.324. The minimum atomic E-state index is -3.63.